The Morgan fingerprint density at radius 2 is 1.12 bits per heavy atom. The van der Waals surface area contributed by atoms with E-state index in [1.807, 2.05) is 0 Å². The van der Waals surface area contributed by atoms with Crippen molar-refractivity contribution in [3.8, 4) is 0 Å². The highest BCUT2D eigenvalue weighted by Gasteiger charge is 3.02. The quantitative estimate of drug-likeness (QED) is 0.832. The predicted molar refractivity (Wildman–Crippen MR) is 91.7 cm³/mol. The van der Waals surface area contributed by atoms with Crippen molar-refractivity contribution in [2.24, 2.45) is 11.8 Å². The van der Waals surface area contributed by atoms with Crippen molar-refractivity contribution in [3.63, 3.8) is 0 Å². The number of benzene rings is 2. The van der Waals surface area contributed by atoms with Crippen molar-refractivity contribution in [2.75, 3.05) is 13.2 Å². The Morgan fingerprint density at radius 1 is 0.667 bits per heavy atom. The Kier molecular flexibility index (Phi) is 2.44. The lowest BCUT2D eigenvalue weighted by atomic mass is 9.54. The maximum atomic E-state index is 6.47. The Morgan fingerprint density at radius 3 is 1.58 bits per heavy atom. The molecule has 1 spiro atoms. The molecule has 1 heterocycles. The lowest BCUT2D eigenvalue weighted by Crippen LogP contribution is -2.49. The van der Waals surface area contributed by atoms with Crippen LogP contribution in [0.2, 0.25) is 0 Å². The lowest BCUT2D eigenvalue weighted by molar-refractivity contribution is -0.0964. The first-order chi connectivity index (χ1) is 11.9. The molecule has 0 radical (unpaired) electrons. The van der Waals surface area contributed by atoms with E-state index in [1.165, 1.54) is 30.4 Å². The molecule has 24 heavy (non-hydrogen) atoms. The number of hydrogen-bond donors (Lipinski definition) is 0. The molecule has 0 amide bonds. The SMILES string of the molecule is c1ccc(C23C4CCCC4C2(c2ccccc2)C32OCCO2)cc1. The van der Waals surface area contributed by atoms with Gasteiger partial charge in [-0.3, -0.25) is 0 Å². The molecule has 4 unspecified atom stereocenters. The molecule has 4 atom stereocenters. The monoisotopic (exact) mass is 318 g/mol. The zero-order valence-electron chi connectivity index (χ0n) is 13.8. The molecule has 3 saturated carbocycles. The van der Waals surface area contributed by atoms with E-state index >= 15 is 0 Å². The van der Waals surface area contributed by atoms with E-state index in [9.17, 15) is 0 Å². The maximum absolute atomic E-state index is 6.47. The van der Waals surface area contributed by atoms with Gasteiger partial charge in [0.15, 0.2) is 5.79 Å². The van der Waals surface area contributed by atoms with Gasteiger partial charge in [0.25, 0.3) is 0 Å². The molecule has 0 bridgehead atoms. The van der Waals surface area contributed by atoms with Crippen LogP contribution in [0.1, 0.15) is 30.4 Å². The Bertz CT molecular complexity index is 719. The highest BCUT2D eigenvalue weighted by molar-refractivity contribution is 5.66. The van der Waals surface area contributed by atoms with Gasteiger partial charge < -0.3 is 9.47 Å². The normalized spacial score (nSPS) is 40.8. The minimum atomic E-state index is -0.432. The molecule has 4 fully saturated rings. The van der Waals surface area contributed by atoms with Gasteiger partial charge in [-0.25, -0.2) is 0 Å². The van der Waals surface area contributed by atoms with E-state index in [0.29, 0.717) is 11.8 Å². The fourth-order valence-corrected chi connectivity index (χ4v) is 7.06. The summed E-state index contributed by atoms with van der Waals surface area (Å²) in [7, 11) is 0. The minimum absolute atomic E-state index is 0.0142. The van der Waals surface area contributed by atoms with Gasteiger partial charge in [-0.2, -0.15) is 0 Å². The number of fused-ring (bicyclic) bond motifs is 6. The molecule has 0 N–H and O–H groups in total. The largest absolute Gasteiger partial charge is 0.346 e. The molecule has 122 valence electrons. The zero-order valence-corrected chi connectivity index (χ0v) is 13.8. The summed E-state index contributed by atoms with van der Waals surface area (Å²) in [4.78, 5) is 0. The smallest absolute Gasteiger partial charge is 0.190 e. The second kappa shape index (κ2) is 4.30. The minimum Gasteiger partial charge on any atom is -0.346 e. The van der Waals surface area contributed by atoms with Crippen LogP contribution in [0.4, 0.5) is 0 Å². The molecule has 2 aromatic rings. The molecule has 2 heteroatoms. The van der Waals surface area contributed by atoms with Crippen molar-refractivity contribution in [1.82, 2.24) is 0 Å². The Balaban J connectivity index is 1.64. The van der Waals surface area contributed by atoms with Gasteiger partial charge in [0.05, 0.1) is 24.0 Å². The van der Waals surface area contributed by atoms with Crippen LogP contribution in [-0.4, -0.2) is 19.0 Å². The van der Waals surface area contributed by atoms with Crippen molar-refractivity contribution < 1.29 is 9.47 Å². The molecule has 6 rings (SSSR count). The molecule has 1 saturated heterocycles. The van der Waals surface area contributed by atoms with Crippen LogP contribution in [0.25, 0.3) is 0 Å². The zero-order chi connectivity index (χ0) is 15.8. The van der Waals surface area contributed by atoms with Crippen LogP contribution in [-0.2, 0) is 20.3 Å². The molecule has 2 aromatic carbocycles. The summed E-state index contributed by atoms with van der Waals surface area (Å²) in [5.41, 5.74) is 2.86. The van der Waals surface area contributed by atoms with Crippen molar-refractivity contribution in [3.05, 3.63) is 71.8 Å². The number of hydrogen-bond acceptors (Lipinski definition) is 2. The highest BCUT2D eigenvalue weighted by atomic mass is 16.8. The van der Waals surface area contributed by atoms with Gasteiger partial charge in [0.1, 0.15) is 0 Å². The van der Waals surface area contributed by atoms with Crippen LogP contribution in [0.5, 0.6) is 0 Å². The first-order valence-corrected chi connectivity index (χ1v) is 9.28. The van der Waals surface area contributed by atoms with Gasteiger partial charge in [0, 0.05) is 0 Å². The van der Waals surface area contributed by atoms with Gasteiger partial charge >= 0.3 is 0 Å². The van der Waals surface area contributed by atoms with Crippen LogP contribution in [0.15, 0.2) is 60.7 Å². The van der Waals surface area contributed by atoms with Gasteiger partial charge in [0.2, 0.25) is 0 Å². The van der Waals surface area contributed by atoms with E-state index in [2.05, 4.69) is 60.7 Å². The van der Waals surface area contributed by atoms with E-state index in [-0.39, 0.29) is 10.8 Å². The first kappa shape index (κ1) is 13.6. The van der Waals surface area contributed by atoms with E-state index in [1.54, 1.807) is 0 Å². The third-order valence-corrected chi connectivity index (χ3v) is 7.38. The second-order valence-corrected chi connectivity index (χ2v) is 7.81. The molecule has 4 aliphatic rings. The Hall–Kier alpha value is -1.64. The molecule has 2 nitrogen and oxygen atoms in total. The highest BCUT2D eigenvalue weighted by Crippen LogP contribution is 2.92. The van der Waals surface area contributed by atoms with Gasteiger partial charge in [-0.1, -0.05) is 67.1 Å². The summed E-state index contributed by atoms with van der Waals surface area (Å²) in [6.07, 6.45) is 3.96. The average molecular weight is 318 g/mol. The third-order valence-electron chi connectivity index (χ3n) is 7.38. The fraction of sp³-hybridized carbons (Fsp3) is 0.455. The second-order valence-electron chi connectivity index (χ2n) is 7.81. The van der Waals surface area contributed by atoms with Gasteiger partial charge in [-0.15, -0.1) is 0 Å². The molecule has 3 aliphatic carbocycles. The van der Waals surface area contributed by atoms with Crippen LogP contribution in [0, 0.1) is 11.8 Å². The van der Waals surface area contributed by atoms with E-state index in [0.717, 1.165) is 13.2 Å². The fourth-order valence-electron chi connectivity index (χ4n) is 7.06. The summed E-state index contributed by atoms with van der Waals surface area (Å²) in [5, 5.41) is 0. The van der Waals surface area contributed by atoms with Crippen molar-refractivity contribution in [1.29, 1.82) is 0 Å². The first-order valence-electron chi connectivity index (χ1n) is 9.28. The maximum Gasteiger partial charge on any atom is 0.190 e. The summed E-state index contributed by atoms with van der Waals surface area (Å²) in [6, 6.07) is 22.1. The summed E-state index contributed by atoms with van der Waals surface area (Å²) < 4.78 is 12.9. The van der Waals surface area contributed by atoms with Crippen LogP contribution >= 0.6 is 0 Å². The molecule has 1 aliphatic heterocycles. The third kappa shape index (κ3) is 1.13. The van der Waals surface area contributed by atoms with E-state index < -0.39 is 5.79 Å². The average Bonchev–Trinajstić information content (AvgIpc) is 3.09. The van der Waals surface area contributed by atoms with Crippen molar-refractivity contribution >= 4 is 0 Å². The van der Waals surface area contributed by atoms with E-state index in [4.69, 9.17) is 9.47 Å². The lowest BCUT2D eigenvalue weighted by Gasteiger charge is -2.46. The van der Waals surface area contributed by atoms with Crippen LogP contribution < -0.4 is 0 Å². The Labute approximate surface area is 142 Å². The topological polar surface area (TPSA) is 18.5 Å². The molecular formula is C22H22O2. The number of rotatable bonds is 2. The van der Waals surface area contributed by atoms with Crippen LogP contribution in [0.3, 0.4) is 0 Å². The van der Waals surface area contributed by atoms with Crippen molar-refractivity contribution in [2.45, 2.75) is 35.9 Å². The predicted octanol–water partition coefficient (Wildman–Crippen LogP) is 4.05. The summed E-state index contributed by atoms with van der Waals surface area (Å²) in [5.74, 6) is 0.953. The van der Waals surface area contributed by atoms with Gasteiger partial charge in [-0.05, 0) is 35.8 Å². The number of ether oxygens (including phenoxy) is 2. The summed E-state index contributed by atoms with van der Waals surface area (Å²) in [6.45, 7) is 1.45. The standard InChI is InChI=1S/C22H22O2/c1-3-8-16(9-4-1)20-18-12-7-13-19(18)21(20,17-10-5-2-6-11-17)22(20)23-14-15-24-22/h1-6,8-11,18-19H,7,12-15H2. The molecule has 0 aromatic heterocycles. The molecular weight excluding hydrogens is 296 g/mol. The summed E-state index contributed by atoms with van der Waals surface area (Å²) >= 11 is 0.